The van der Waals surface area contributed by atoms with Gasteiger partial charge >= 0.3 is 0 Å². The Labute approximate surface area is 167 Å². The zero-order valence-corrected chi connectivity index (χ0v) is 15.8. The number of nitrogens with one attached hydrogen (secondary N) is 2. The lowest BCUT2D eigenvalue weighted by Crippen LogP contribution is -2.15. The molecule has 7 nitrogen and oxygen atoms in total. The number of thiazole rings is 1. The summed E-state index contributed by atoms with van der Waals surface area (Å²) in [5.41, 5.74) is 1.78. The van der Waals surface area contributed by atoms with Gasteiger partial charge in [-0.05, 0) is 30.3 Å². The fraction of sp³-hybridized carbons (Fsp3) is 0.0526. The minimum atomic E-state index is -0.846. The van der Waals surface area contributed by atoms with E-state index in [0.717, 1.165) is 29.5 Å². The van der Waals surface area contributed by atoms with Crippen molar-refractivity contribution in [1.29, 1.82) is 0 Å². The molecule has 0 bridgehead atoms. The van der Waals surface area contributed by atoms with Crippen LogP contribution in [0.15, 0.2) is 47.8 Å². The van der Waals surface area contributed by atoms with Crippen LogP contribution in [0.5, 0.6) is 0 Å². The number of carbonyl (C=O) groups excluding carboxylic acids is 2. The Hall–Kier alpha value is -3.66. The van der Waals surface area contributed by atoms with Gasteiger partial charge in [0.05, 0.1) is 11.3 Å². The van der Waals surface area contributed by atoms with E-state index in [1.165, 1.54) is 22.8 Å². The van der Waals surface area contributed by atoms with Crippen molar-refractivity contribution in [2.45, 2.75) is 6.92 Å². The van der Waals surface area contributed by atoms with Crippen LogP contribution in [0.4, 0.5) is 20.4 Å². The van der Waals surface area contributed by atoms with Crippen LogP contribution in [-0.4, -0.2) is 26.4 Å². The van der Waals surface area contributed by atoms with Crippen LogP contribution in [0.3, 0.4) is 0 Å². The first kappa shape index (κ1) is 18.7. The summed E-state index contributed by atoms with van der Waals surface area (Å²) in [6.07, 6.45) is 0. The van der Waals surface area contributed by atoms with Gasteiger partial charge in [0.1, 0.15) is 11.6 Å². The molecular weight excluding hydrogens is 400 g/mol. The molecule has 0 radical (unpaired) electrons. The number of hydrogen-bond donors (Lipinski definition) is 2. The summed E-state index contributed by atoms with van der Waals surface area (Å²) in [4.78, 5) is 28.1. The van der Waals surface area contributed by atoms with Crippen molar-refractivity contribution in [3.05, 3.63) is 65.0 Å². The van der Waals surface area contributed by atoms with Gasteiger partial charge in [-0.25, -0.2) is 13.3 Å². The van der Waals surface area contributed by atoms with E-state index in [2.05, 4.69) is 20.7 Å². The first-order chi connectivity index (χ1) is 13.9. The molecule has 0 saturated heterocycles. The minimum Gasteiger partial charge on any atom is -0.326 e. The maximum atomic E-state index is 13.8. The number of amides is 2. The molecule has 146 valence electrons. The molecule has 0 saturated carbocycles. The van der Waals surface area contributed by atoms with Gasteiger partial charge in [-0.2, -0.15) is 4.98 Å². The molecule has 0 fully saturated rings. The molecule has 2 heterocycles. The van der Waals surface area contributed by atoms with E-state index in [4.69, 9.17) is 0 Å². The second-order valence-corrected chi connectivity index (χ2v) is 6.92. The summed E-state index contributed by atoms with van der Waals surface area (Å²) in [6, 6.07) is 9.76. The number of anilines is 2. The molecule has 0 aliphatic carbocycles. The van der Waals surface area contributed by atoms with Crippen LogP contribution in [0.1, 0.15) is 17.3 Å². The van der Waals surface area contributed by atoms with Crippen LogP contribution in [-0.2, 0) is 4.79 Å². The minimum absolute atomic E-state index is 0.0263. The highest BCUT2D eigenvalue weighted by atomic mass is 32.1. The van der Waals surface area contributed by atoms with Crippen LogP contribution < -0.4 is 10.6 Å². The largest absolute Gasteiger partial charge is 0.326 e. The quantitative estimate of drug-likeness (QED) is 0.530. The fourth-order valence-electron chi connectivity index (χ4n) is 2.70. The van der Waals surface area contributed by atoms with E-state index in [1.54, 1.807) is 12.1 Å². The number of aromatic nitrogens is 3. The third-order valence-electron chi connectivity index (χ3n) is 3.98. The van der Waals surface area contributed by atoms with Gasteiger partial charge in [-0.1, -0.05) is 12.1 Å². The molecule has 10 heteroatoms. The standard InChI is InChI=1S/C19H13F2N5O2S/c1-10(27)22-13-5-2-11(3-6-13)16-9-29-19-24-18(25-26(16)19)23-17(28)14-8-12(20)4-7-15(14)21/h2-9H,1H3,(H,22,27)(H,23,25,28). The number of halogens is 2. The topological polar surface area (TPSA) is 88.4 Å². The van der Waals surface area contributed by atoms with E-state index in [-0.39, 0.29) is 11.9 Å². The third kappa shape index (κ3) is 3.83. The van der Waals surface area contributed by atoms with Crippen LogP contribution in [0, 0.1) is 11.6 Å². The maximum Gasteiger partial charge on any atom is 0.261 e. The lowest BCUT2D eigenvalue weighted by atomic mass is 10.1. The molecule has 2 N–H and O–H groups in total. The summed E-state index contributed by atoms with van der Waals surface area (Å²) in [5, 5.41) is 11.2. The monoisotopic (exact) mass is 413 g/mol. The van der Waals surface area contributed by atoms with E-state index in [1.807, 2.05) is 17.5 Å². The first-order valence-corrected chi connectivity index (χ1v) is 9.27. The summed E-state index contributed by atoms with van der Waals surface area (Å²) < 4.78 is 28.6. The van der Waals surface area contributed by atoms with E-state index in [9.17, 15) is 18.4 Å². The number of carbonyl (C=O) groups is 2. The van der Waals surface area contributed by atoms with Gasteiger partial charge in [0.15, 0.2) is 0 Å². The van der Waals surface area contributed by atoms with Crippen molar-refractivity contribution in [1.82, 2.24) is 14.6 Å². The number of benzene rings is 2. The molecular formula is C19H13F2N5O2S. The van der Waals surface area contributed by atoms with Crippen molar-refractivity contribution < 1.29 is 18.4 Å². The van der Waals surface area contributed by atoms with Crippen molar-refractivity contribution in [2.75, 3.05) is 10.6 Å². The Balaban J connectivity index is 1.60. The normalized spacial score (nSPS) is 10.9. The van der Waals surface area contributed by atoms with Crippen LogP contribution >= 0.6 is 11.3 Å². The Morgan fingerprint density at radius 1 is 1.07 bits per heavy atom. The average Bonchev–Trinajstić information content (AvgIpc) is 3.24. The smallest absolute Gasteiger partial charge is 0.261 e. The molecule has 0 aliphatic heterocycles. The predicted molar refractivity (Wildman–Crippen MR) is 105 cm³/mol. The molecule has 2 amide bonds. The Bertz CT molecular complexity index is 1230. The summed E-state index contributed by atoms with van der Waals surface area (Å²) in [7, 11) is 0. The average molecular weight is 413 g/mol. The number of hydrogen-bond acceptors (Lipinski definition) is 5. The van der Waals surface area contributed by atoms with Gasteiger partial charge < -0.3 is 5.32 Å². The van der Waals surface area contributed by atoms with Crippen molar-refractivity contribution >= 4 is 39.7 Å². The van der Waals surface area contributed by atoms with Crippen LogP contribution in [0.2, 0.25) is 0 Å². The van der Waals surface area contributed by atoms with Gasteiger partial charge in [0, 0.05) is 23.6 Å². The van der Waals surface area contributed by atoms with Crippen LogP contribution in [0.25, 0.3) is 16.2 Å². The van der Waals surface area contributed by atoms with Crippen molar-refractivity contribution in [3.63, 3.8) is 0 Å². The Morgan fingerprint density at radius 3 is 2.55 bits per heavy atom. The number of rotatable bonds is 4. The summed E-state index contributed by atoms with van der Waals surface area (Å²) in [6.45, 7) is 1.43. The first-order valence-electron chi connectivity index (χ1n) is 8.39. The predicted octanol–water partition coefficient (Wildman–Crippen LogP) is 3.95. The molecule has 2 aromatic carbocycles. The molecule has 0 atom stereocenters. The maximum absolute atomic E-state index is 13.8. The second kappa shape index (κ2) is 7.40. The van der Waals surface area contributed by atoms with E-state index < -0.39 is 23.1 Å². The van der Waals surface area contributed by atoms with Gasteiger partial charge in [0.2, 0.25) is 10.9 Å². The van der Waals surface area contributed by atoms with Crippen molar-refractivity contribution in [2.24, 2.45) is 0 Å². The highest BCUT2D eigenvalue weighted by Gasteiger charge is 2.17. The summed E-state index contributed by atoms with van der Waals surface area (Å²) >= 11 is 1.31. The van der Waals surface area contributed by atoms with Gasteiger partial charge in [-0.15, -0.1) is 16.4 Å². The number of nitrogens with zero attached hydrogens (tertiary/aromatic N) is 3. The summed E-state index contributed by atoms with van der Waals surface area (Å²) in [5.74, 6) is -2.60. The molecule has 0 unspecified atom stereocenters. The van der Waals surface area contributed by atoms with Crippen molar-refractivity contribution in [3.8, 4) is 11.3 Å². The third-order valence-corrected chi connectivity index (χ3v) is 4.80. The molecule has 4 aromatic rings. The zero-order chi connectivity index (χ0) is 20.5. The molecule has 0 aliphatic rings. The Morgan fingerprint density at radius 2 is 1.83 bits per heavy atom. The highest BCUT2D eigenvalue weighted by molar-refractivity contribution is 7.15. The molecule has 2 aromatic heterocycles. The highest BCUT2D eigenvalue weighted by Crippen LogP contribution is 2.27. The fourth-order valence-corrected chi connectivity index (χ4v) is 3.53. The molecule has 0 spiro atoms. The van der Waals surface area contributed by atoms with Gasteiger partial charge in [-0.3, -0.25) is 14.9 Å². The lowest BCUT2D eigenvalue weighted by molar-refractivity contribution is -0.114. The Kier molecular flexibility index (Phi) is 4.77. The van der Waals surface area contributed by atoms with E-state index in [0.29, 0.717) is 10.6 Å². The SMILES string of the molecule is CC(=O)Nc1ccc(-c2csc3nc(NC(=O)c4cc(F)ccc4F)nn23)cc1. The second-order valence-electron chi connectivity index (χ2n) is 6.09. The lowest BCUT2D eigenvalue weighted by Gasteiger charge is -2.04. The number of fused-ring (bicyclic) bond motifs is 1. The van der Waals surface area contributed by atoms with E-state index >= 15 is 0 Å². The molecule has 29 heavy (non-hydrogen) atoms. The van der Waals surface area contributed by atoms with Gasteiger partial charge in [0.25, 0.3) is 11.9 Å². The molecule has 4 rings (SSSR count). The zero-order valence-electron chi connectivity index (χ0n) is 14.9.